The van der Waals surface area contributed by atoms with Gasteiger partial charge in [0.05, 0.1) is 16.8 Å². The number of methoxy groups -OCH3 is 1. The molecule has 7 heteroatoms. The first-order valence-corrected chi connectivity index (χ1v) is 8.56. The zero-order chi connectivity index (χ0) is 19.4. The fourth-order valence-electron chi connectivity index (χ4n) is 3.22. The van der Waals surface area contributed by atoms with Crippen molar-refractivity contribution in [2.45, 2.75) is 19.1 Å². The molecule has 2 aromatic rings. The van der Waals surface area contributed by atoms with Crippen LogP contribution in [0.4, 0.5) is 10.1 Å². The quantitative estimate of drug-likeness (QED) is 0.593. The van der Waals surface area contributed by atoms with Crippen LogP contribution in [0.25, 0.3) is 0 Å². The molecule has 1 saturated heterocycles. The van der Waals surface area contributed by atoms with Crippen molar-refractivity contribution < 1.29 is 28.6 Å². The Hall–Kier alpha value is -2.77. The van der Waals surface area contributed by atoms with E-state index >= 15 is 0 Å². The van der Waals surface area contributed by atoms with Crippen LogP contribution in [0.2, 0.25) is 0 Å². The second kappa shape index (κ2) is 8.28. The summed E-state index contributed by atoms with van der Waals surface area (Å²) in [6.45, 7) is 0.743. The van der Waals surface area contributed by atoms with Crippen LogP contribution in [-0.2, 0) is 9.47 Å². The summed E-state index contributed by atoms with van der Waals surface area (Å²) < 4.78 is 25.2. The third-order valence-corrected chi connectivity index (χ3v) is 4.50. The van der Waals surface area contributed by atoms with Crippen LogP contribution in [0.15, 0.2) is 42.5 Å². The van der Waals surface area contributed by atoms with Crippen molar-refractivity contribution >= 4 is 17.4 Å². The van der Waals surface area contributed by atoms with Crippen molar-refractivity contribution in [1.29, 1.82) is 0 Å². The number of carboxylic acid groups (broad SMARTS) is 1. The van der Waals surface area contributed by atoms with Crippen LogP contribution in [0.1, 0.15) is 39.1 Å². The minimum Gasteiger partial charge on any atom is -0.478 e. The average molecular weight is 373 g/mol. The highest BCUT2D eigenvalue weighted by atomic mass is 19.1. The molecule has 1 aliphatic heterocycles. The molecule has 27 heavy (non-hydrogen) atoms. The SMILES string of the molecule is COCOC1CCCN1c1cccc(F)c1C(=O)c1ccc(C(=O)O)cc1. The van der Waals surface area contributed by atoms with Gasteiger partial charge in [-0.3, -0.25) is 4.79 Å². The Bertz CT molecular complexity index is 837. The molecule has 6 nitrogen and oxygen atoms in total. The molecule has 0 saturated carbocycles. The number of carbonyl (C=O) groups excluding carboxylic acids is 1. The second-order valence-corrected chi connectivity index (χ2v) is 6.21. The Labute approximate surface area is 156 Å². The smallest absolute Gasteiger partial charge is 0.335 e. The molecular formula is C20H20FNO5. The van der Waals surface area contributed by atoms with Gasteiger partial charge in [-0.15, -0.1) is 0 Å². The Morgan fingerprint density at radius 1 is 1.19 bits per heavy atom. The minimum atomic E-state index is -1.09. The summed E-state index contributed by atoms with van der Waals surface area (Å²) in [7, 11) is 1.53. The number of carbonyl (C=O) groups is 2. The third-order valence-electron chi connectivity index (χ3n) is 4.50. The topological polar surface area (TPSA) is 76.1 Å². The summed E-state index contributed by atoms with van der Waals surface area (Å²) in [4.78, 5) is 25.8. The second-order valence-electron chi connectivity index (χ2n) is 6.21. The van der Waals surface area contributed by atoms with Crippen LogP contribution in [0.3, 0.4) is 0 Å². The standard InChI is InChI=1S/C20H20FNO5/c1-26-12-27-17-6-3-11-22(17)16-5-2-4-15(21)18(16)19(23)13-7-9-14(10-8-13)20(24)25/h2,4-5,7-10,17H,3,6,11-12H2,1H3,(H,24,25). The summed E-state index contributed by atoms with van der Waals surface area (Å²) in [5.41, 5.74) is 0.696. The molecule has 142 valence electrons. The van der Waals surface area contributed by atoms with Gasteiger partial charge in [0.25, 0.3) is 0 Å². The number of carboxylic acids is 1. The van der Waals surface area contributed by atoms with Gasteiger partial charge in [-0.25, -0.2) is 9.18 Å². The van der Waals surface area contributed by atoms with Crippen molar-refractivity contribution in [1.82, 2.24) is 0 Å². The van der Waals surface area contributed by atoms with Gasteiger partial charge in [0.2, 0.25) is 0 Å². The molecule has 0 aromatic heterocycles. The lowest BCUT2D eigenvalue weighted by Gasteiger charge is -2.28. The molecule has 0 bridgehead atoms. The highest BCUT2D eigenvalue weighted by molar-refractivity contribution is 6.13. The van der Waals surface area contributed by atoms with E-state index < -0.39 is 17.6 Å². The van der Waals surface area contributed by atoms with Crippen molar-refractivity contribution in [2.24, 2.45) is 0 Å². The Morgan fingerprint density at radius 3 is 2.56 bits per heavy atom. The Balaban J connectivity index is 1.95. The first-order valence-electron chi connectivity index (χ1n) is 8.56. The maximum absolute atomic E-state index is 14.6. The summed E-state index contributed by atoms with van der Waals surface area (Å²) in [6, 6.07) is 9.93. The largest absolute Gasteiger partial charge is 0.478 e. The fraction of sp³-hybridized carbons (Fsp3) is 0.300. The molecule has 0 spiro atoms. The number of hydrogen-bond acceptors (Lipinski definition) is 5. The van der Waals surface area contributed by atoms with E-state index in [1.54, 1.807) is 12.1 Å². The van der Waals surface area contributed by atoms with Gasteiger partial charge < -0.3 is 19.5 Å². The lowest BCUT2D eigenvalue weighted by Crippen LogP contribution is -2.33. The van der Waals surface area contributed by atoms with E-state index in [4.69, 9.17) is 14.6 Å². The zero-order valence-corrected chi connectivity index (χ0v) is 14.9. The van der Waals surface area contributed by atoms with E-state index in [-0.39, 0.29) is 29.7 Å². The Morgan fingerprint density at radius 2 is 1.89 bits per heavy atom. The van der Waals surface area contributed by atoms with Crippen molar-refractivity contribution in [2.75, 3.05) is 25.3 Å². The maximum atomic E-state index is 14.6. The molecule has 1 fully saturated rings. The number of rotatable bonds is 7. The zero-order valence-electron chi connectivity index (χ0n) is 14.9. The summed E-state index contributed by atoms with van der Waals surface area (Å²) >= 11 is 0. The first kappa shape index (κ1) is 19.0. The highest BCUT2D eigenvalue weighted by Crippen LogP contribution is 2.32. The van der Waals surface area contributed by atoms with Crippen LogP contribution in [-0.4, -0.2) is 43.5 Å². The summed E-state index contributed by atoms with van der Waals surface area (Å²) in [6.07, 6.45) is 1.31. The first-order chi connectivity index (χ1) is 13.0. The molecule has 1 unspecified atom stereocenters. The van der Waals surface area contributed by atoms with Crippen molar-refractivity contribution in [3.63, 3.8) is 0 Å². The van der Waals surface area contributed by atoms with Gasteiger partial charge in [0.15, 0.2) is 5.78 Å². The molecule has 0 radical (unpaired) electrons. The van der Waals surface area contributed by atoms with Gasteiger partial charge in [-0.05, 0) is 37.1 Å². The predicted molar refractivity (Wildman–Crippen MR) is 96.6 cm³/mol. The molecule has 1 aliphatic rings. The molecule has 1 heterocycles. The summed E-state index contributed by atoms with van der Waals surface area (Å²) in [5, 5.41) is 8.99. The van der Waals surface area contributed by atoms with Gasteiger partial charge in [0, 0.05) is 19.2 Å². The van der Waals surface area contributed by atoms with Gasteiger partial charge >= 0.3 is 5.97 Å². The number of benzene rings is 2. The molecule has 0 amide bonds. The molecule has 1 atom stereocenters. The molecule has 1 N–H and O–H groups in total. The third kappa shape index (κ3) is 3.99. The number of hydrogen-bond donors (Lipinski definition) is 1. The van der Waals surface area contributed by atoms with E-state index in [0.717, 1.165) is 12.8 Å². The highest BCUT2D eigenvalue weighted by Gasteiger charge is 2.30. The van der Waals surface area contributed by atoms with Gasteiger partial charge in [0.1, 0.15) is 18.8 Å². The fourth-order valence-corrected chi connectivity index (χ4v) is 3.22. The van der Waals surface area contributed by atoms with Gasteiger partial charge in [-0.1, -0.05) is 18.2 Å². The average Bonchev–Trinajstić information content (AvgIpc) is 3.14. The molecule has 2 aromatic carbocycles. The maximum Gasteiger partial charge on any atom is 0.335 e. The van der Waals surface area contributed by atoms with E-state index in [9.17, 15) is 14.0 Å². The number of ether oxygens (including phenoxy) is 2. The Kier molecular flexibility index (Phi) is 5.83. The van der Waals surface area contributed by atoms with Crippen molar-refractivity contribution in [3.8, 4) is 0 Å². The van der Waals surface area contributed by atoms with E-state index in [1.165, 1.54) is 37.4 Å². The molecule has 3 rings (SSSR count). The van der Waals surface area contributed by atoms with Crippen LogP contribution in [0, 0.1) is 5.82 Å². The number of aromatic carboxylic acids is 1. The molecular weight excluding hydrogens is 353 g/mol. The lowest BCUT2D eigenvalue weighted by atomic mass is 9.99. The monoisotopic (exact) mass is 373 g/mol. The van der Waals surface area contributed by atoms with Crippen molar-refractivity contribution in [3.05, 3.63) is 65.0 Å². The van der Waals surface area contributed by atoms with E-state index in [1.807, 2.05) is 4.90 Å². The number of anilines is 1. The lowest BCUT2D eigenvalue weighted by molar-refractivity contribution is -0.0673. The van der Waals surface area contributed by atoms with Crippen LogP contribution in [0.5, 0.6) is 0 Å². The van der Waals surface area contributed by atoms with Crippen LogP contribution >= 0.6 is 0 Å². The number of nitrogens with zero attached hydrogens (tertiary/aromatic N) is 1. The number of halogens is 1. The van der Waals surface area contributed by atoms with E-state index in [2.05, 4.69) is 0 Å². The summed E-state index contributed by atoms with van der Waals surface area (Å²) in [5.74, 6) is -2.22. The van der Waals surface area contributed by atoms with E-state index in [0.29, 0.717) is 12.2 Å². The normalized spacial score (nSPS) is 16.5. The molecule has 0 aliphatic carbocycles. The van der Waals surface area contributed by atoms with Gasteiger partial charge in [-0.2, -0.15) is 0 Å². The predicted octanol–water partition coefficient (Wildman–Crippen LogP) is 3.30. The number of ketones is 1. The van der Waals surface area contributed by atoms with Crippen LogP contribution < -0.4 is 4.90 Å². The minimum absolute atomic E-state index is 0.0477.